The van der Waals surface area contributed by atoms with Gasteiger partial charge in [-0.2, -0.15) is 0 Å². The summed E-state index contributed by atoms with van der Waals surface area (Å²) in [4.78, 5) is 21.6. The summed E-state index contributed by atoms with van der Waals surface area (Å²) in [5.74, 6) is -1.70. The fraction of sp³-hybridized carbons (Fsp3) is 0.167. The molecule has 7 heteroatoms. The Morgan fingerprint density at radius 2 is 2.04 bits per heavy atom. The van der Waals surface area contributed by atoms with E-state index in [2.05, 4.69) is 15.3 Å². The second-order valence-electron chi connectivity index (χ2n) is 5.51. The Hall–Kier alpha value is -2.67. The molecule has 0 aliphatic heterocycles. The topological polar surface area (TPSA) is 54.9 Å². The van der Waals surface area contributed by atoms with E-state index in [0.717, 1.165) is 12.1 Å². The molecule has 0 saturated heterocycles. The average Bonchev–Trinajstić information content (AvgIpc) is 2.97. The number of aromatic nitrogens is 2. The Balaban J connectivity index is 1.80. The summed E-state index contributed by atoms with van der Waals surface area (Å²) in [6.07, 6.45) is 1.66. The van der Waals surface area contributed by atoms with Gasteiger partial charge in [0.15, 0.2) is 0 Å². The number of carbonyl (C=O) groups is 1. The lowest BCUT2D eigenvalue weighted by molar-refractivity contribution is 0.0942. The summed E-state index contributed by atoms with van der Waals surface area (Å²) in [5.41, 5.74) is 1.49. The lowest BCUT2D eigenvalue weighted by atomic mass is 10.1. The van der Waals surface area contributed by atoms with Gasteiger partial charge in [-0.25, -0.2) is 13.8 Å². The molecule has 25 heavy (non-hydrogen) atoms. The molecule has 1 aromatic carbocycles. The number of nitrogens with zero attached hydrogens (tertiary/aromatic N) is 2. The normalized spacial score (nSPS) is 12.0. The van der Waals surface area contributed by atoms with Gasteiger partial charge in [0.1, 0.15) is 21.5 Å². The molecule has 128 valence electrons. The van der Waals surface area contributed by atoms with Crippen molar-refractivity contribution in [3.05, 3.63) is 70.4 Å². The van der Waals surface area contributed by atoms with Crippen molar-refractivity contribution in [2.75, 3.05) is 0 Å². The highest BCUT2D eigenvalue weighted by Gasteiger charge is 2.20. The van der Waals surface area contributed by atoms with E-state index < -0.39 is 17.7 Å². The number of benzene rings is 1. The van der Waals surface area contributed by atoms with Crippen LogP contribution in [0.1, 0.15) is 33.9 Å². The molecule has 0 saturated carbocycles. The standard InChI is InChI=1S/C18H15F2N3OS/c1-10(13-7-6-12(19)9-14(13)20)22-17(24)16-11(2)23-18(25-16)15-5-3-4-8-21-15/h3-10H,1-2H3,(H,22,24). The van der Waals surface area contributed by atoms with Gasteiger partial charge in [-0.05, 0) is 32.0 Å². The summed E-state index contributed by atoms with van der Waals surface area (Å²) in [6.45, 7) is 3.38. The van der Waals surface area contributed by atoms with Gasteiger partial charge in [-0.3, -0.25) is 9.78 Å². The van der Waals surface area contributed by atoms with Crippen LogP contribution in [0.5, 0.6) is 0 Å². The minimum Gasteiger partial charge on any atom is -0.345 e. The zero-order valence-electron chi connectivity index (χ0n) is 13.6. The number of halogens is 2. The van der Waals surface area contributed by atoms with Gasteiger partial charge in [0.2, 0.25) is 0 Å². The van der Waals surface area contributed by atoms with Crippen molar-refractivity contribution < 1.29 is 13.6 Å². The van der Waals surface area contributed by atoms with E-state index in [0.29, 0.717) is 21.3 Å². The van der Waals surface area contributed by atoms with E-state index in [-0.39, 0.29) is 11.5 Å². The van der Waals surface area contributed by atoms with Crippen LogP contribution >= 0.6 is 11.3 Å². The average molecular weight is 359 g/mol. The van der Waals surface area contributed by atoms with Crippen LogP contribution in [-0.4, -0.2) is 15.9 Å². The molecule has 0 aliphatic rings. The number of hydrogen-bond donors (Lipinski definition) is 1. The number of hydrogen-bond acceptors (Lipinski definition) is 4. The molecule has 1 N–H and O–H groups in total. The number of aryl methyl sites for hydroxylation is 1. The largest absolute Gasteiger partial charge is 0.345 e. The van der Waals surface area contributed by atoms with Crippen LogP contribution in [0.25, 0.3) is 10.7 Å². The van der Waals surface area contributed by atoms with Gasteiger partial charge in [0.05, 0.1) is 17.4 Å². The third-order valence-corrected chi connectivity index (χ3v) is 4.84. The first-order valence-electron chi connectivity index (χ1n) is 7.60. The van der Waals surface area contributed by atoms with E-state index in [1.165, 1.54) is 17.4 Å². The van der Waals surface area contributed by atoms with Gasteiger partial charge in [0, 0.05) is 17.8 Å². The van der Waals surface area contributed by atoms with Crippen LogP contribution in [0.15, 0.2) is 42.6 Å². The SMILES string of the molecule is Cc1nc(-c2ccccn2)sc1C(=O)NC(C)c1ccc(F)cc1F. The maximum atomic E-state index is 13.8. The second kappa shape index (κ2) is 7.06. The minimum atomic E-state index is -0.692. The first-order chi connectivity index (χ1) is 12.0. The molecule has 1 atom stereocenters. The highest BCUT2D eigenvalue weighted by Crippen LogP contribution is 2.27. The van der Waals surface area contributed by atoms with Crippen LogP contribution in [0, 0.1) is 18.6 Å². The van der Waals surface area contributed by atoms with Crippen molar-refractivity contribution in [3.8, 4) is 10.7 Å². The predicted molar refractivity (Wildman–Crippen MR) is 92.3 cm³/mol. The van der Waals surface area contributed by atoms with Crippen molar-refractivity contribution in [3.63, 3.8) is 0 Å². The maximum absolute atomic E-state index is 13.8. The first-order valence-corrected chi connectivity index (χ1v) is 8.42. The fourth-order valence-electron chi connectivity index (χ4n) is 2.40. The monoisotopic (exact) mass is 359 g/mol. The van der Waals surface area contributed by atoms with E-state index >= 15 is 0 Å². The van der Waals surface area contributed by atoms with Crippen LogP contribution in [-0.2, 0) is 0 Å². The third kappa shape index (κ3) is 3.71. The lowest BCUT2D eigenvalue weighted by Crippen LogP contribution is -2.27. The Morgan fingerprint density at radius 3 is 2.72 bits per heavy atom. The van der Waals surface area contributed by atoms with Crippen molar-refractivity contribution >= 4 is 17.2 Å². The number of amides is 1. The molecule has 3 rings (SSSR count). The van der Waals surface area contributed by atoms with Gasteiger partial charge >= 0.3 is 0 Å². The Bertz CT molecular complexity index is 912. The third-order valence-electron chi connectivity index (χ3n) is 3.66. The second-order valence-corrected chi connectivity index (χ2v) is 6.51. The Kier molecular flexibility index (Phi) is 4.85. The van der Waals surface area contributed by atoms with Crippen molar-refractivity contribution in [2.45, 2.75) is 19.9 Å². The number of carbonyl (C=O) groups excluding carboxylic acids is 1. The number of nitrogens with one attached hydrogen (secondary N) is 1. The van der Waals surface area contributed by atoms with Gasteiger partial charge < -0.3 is 5.32 Å². The molecule has 4 nitrogen and oxygen atoms in total. The molecule has 0 fully saturated rings. The highest BCUT2D eigenvalue weighted by molar-refractivity contribution is 7.17. The molecule has 3 aromatic rings. The zero-order chi connectivity index (χ0) is 18.0. The van der Waals surface area contributed by atoms with Gasteiger partial charge in [0.25, 0.3) is 5.91 Å². The van der Waals surface area contributed by atoms with Crippen molar-refractivity contribution in [2.24, 2.45) is 0 Å². The molecule has 0 spiro atoms. The van der Waals surface area contributed by atoms with E-state index in [1.807, 2.05) is 12.1 Å². The van der Waals surface area contributed by atoms with Crippen molar-refractivity contribution in [1.29, 1.82) is 0 Å². The molecule has 2 aromatic heterocycles. The number of thiazole rings is 1. The van der Waals surface area contributed by atoms with Crippen LogP contribution in [0.4, 0.5) is 8.78 Å². The van der Waals surface area contributed by atoms with E-state index in [1.54, 1.807) is 26.1 Å². The summed E-state index contributed by atoms with van der Waals surface area (Å²) in [7, 11) is 0. The molecular formula is C18H15F2N3OS. The summed E-state index contributed by atoms with van der Waals surface area (Å²) < 4.78 is 26.9. The van der Waals surface area contributed by atoms with Crippen LogP contribution < -0.4 is 5.32 Å². The van der Waals surface area contributed by atoms with Gasteiger partial charge in [-0.1, -0.05) is 12.1 Å². The molecular weight excluding hydrogens is 344 g/mol. The molecule has 1 unspecified atom stereocenters. The molecule has 2 heterocycles. The zero-order valence-corrected chi connectivity index (χ0v) is 14.4. The van der Waals surface area contributed by atoms with Crippen LogP contribution in [0.2, 0.25) is 0 Å². The molecule has 1 amide bonds. The summed E-state index contributed by atoms with van der Waals surface area (Å²) in [6, 6.07) is 8.15. The predicted octanol–water partition coefficient (Wildman–Crippen LogP) is 4.28. The number of rotatable bonds is 4. The van der Waals surface area contributed by atoms with Crippen LogP contribution in [0.3, 0.4) is 0 Å². The maximum Gasteiger partial charge on any atom is 0.263 e. The molecule has 0 radical (unpaired) electrons. The summed E-state index contributed by atoms with van der Waals surface area (Å²) in [5, 5.41) is 3.37. The number of pyridine rings is 1. The Labute approximate surface area is 147 Å². The summed E-state index contributed by atoms with van der Waals surface area (Å²) >= 11 is 1.23. The van der Waals surface area contributed by atoms with E-state index in [4.69, 9.17) is 0 Å². The van der Waals surface area contributed by atoms with E-state index in [9.17, 15) is 13.6 Å². The quantitative estimate of drug-likeness (QED) is 0.756. The Morgan fingerprint density at radius 1 is 1.24 bits per heavy atom. The highest BCUT2D eigenvalue weighted by atomic mass is 32.1. The lowest BCUT2D eigenvalue weighted by Gasteiger charge is -2.14. The van der Waals surface area contributed by atoms with Crippen molar-refractivity contribution in [1.82, 2.24) is 15.3 Å². The van der Waals surface area contributed by atoms with Gasteiger partial charge in [-0.15, -0.1) is 11.3 Å². The first kappa shape index (κ1) is 17.2. The fourth-order valence-corrected chi connectivity index (χ4v) is 3.34. The smallest absolute Gasteiger partial charge is 0.263 e. The molecule has 0 bridgehead atoms. The molecule has 0 aliphatic carbocycles. The minimum absolute atomic E-state index is 0.224.